The van der Waals surface area contributed by atoms with E-state index in [9.17, 15) is 24.3 Å². The van der Waals surface area contributed by atoms with E-state index in [0.29, 0.717) is 37.9 Å². The third-order valence-corrected chi connectivity index (χ3v) is 5.12. The third kappa shape index (κ3) is 12.2. The van der Waals surface area contributed by atoms with Gasteiger partial charge in [0.1, 0.15) is 17.5 Å². The molecule has 10 nitrogen and oxygen atoms in total. The molecule has 4 N–H and O–H groups in total. The van der Waals surface area contributed by atoms with Crippen molar-refractivity contribution in [1.82, 2.24) is 16.0 Å². The number of carbonyl (C=O) groups is 4. The molecule has 190 valence electrons. The summed E-state index contributed by atoms with van der Waals surface area (Å²) in [5, 5.41) is 17.5. The fourth-order valence-corrected chi connectivity index (χ4v) is 3.14. The van der Waals surface area contributed by atoms with Crippen LogP contribution in [0.25, 0.3) is 0 Å². The molecule has 1 unspecified atom stereocenters. The first-order valence-electron chi connectivity index (χ1n) is 11.5. The Morgan fingerprint density at radius 3 is 2.44 bits per heavy atom. The molecule has 0 aliphatic heterocycles. The minimum Gasteiger partial charge on any atom is -0.507 e. The van der Waals surface area contributed by atoms with Crippen molar-refractivity contribution < 1.29 is 33.5 Å². The highest BCUT2D eigenvalue weighted by Crippen LogP contribution is 2.22. The normalized spacial score (nSPS) is 11.9. The Kier molecular flexibility index (Phi) is 12.7. The van der Waals surface area contributed by atoms with E-state index in [4.69, 9.17) is 4.74 Å². The standard InChI is InChI=1S/C24H38N4O6/c1-25-23(32)16-26-24(33)20(9-5-7-13-28(2,3)4)27-22(31)10-6-8-14-34-19-12-11-18(17-29)21(30)15-19/h11-12,15,17,20H,5-10,13-14,16H2,1-4H3,(H3-,25,26,27,29,30,31,32,33)/p+1. The lowest BCUT2D eigenvalue weighted by Crippen LogP contribution is -2.48. The predicted molar refractivity (Wildman–Crippen MR) is 129 cm³/mol. The number of carbonyl (C=O) groups excluding carboxylic acids is 4. The summed E-state index contributed by atoms with van der Waals surface area (Å²) >= 11 is 0. The van der Waals surface area contributed by atoms with Crippen molar-refractivity contribution in [3.8, 4) is 11.5 Å². The number of unbranched alkanes of at least 4 members (excludes halogenated alkanes) is 2. The molecule has 0 saturated heterocycles. The number of aldehydes is 1. The second-order valence-electron chi connectivity index (χ2n) is 9.16. The number of hydrogen-bond donors (Lipinski definition) is 4. The number of likely N-dealkylation sites (N-methyl/N-ethyl adjacent to an activating group) is 1. The molecule has 1 aromatic carbocycles. The molecule has 1 rings (SSSR count). The van der Waals surface area contributed by atoms with Gasteiger partial charge >= 0.3 is 0 Å². The topological polar surface area (TPSA) is 134 Å². The summed E-state index contributed by atoms with van der Waals surface area (Å²) < 4.78 is 6.36. The second kappa shape index (κ2) is 14.9. The first-order chi connectivity index (χ1) is 16.1. The number of amides is 3. The lowest BCUT2D eigenvalue weighted by Gasteiger charge is -2.24. The monoisotopic (exact) mass is 479 g/mol. The number of quaternary nitrogens is 1. The molecule has 0 saturated carbocycles. The van der Waals surface area contributed by atoms with Crippen molar-refractivity contribution in [2.24, 2.45) is 0 Å². The maximum absolute atomic E-state index is 12.5. The largest absolute Gasteiger partial charge is 0.507 e. The molecular formula is C24H39N4O6+. The average Bonchev–Trinajstić information content (AvgIpc) is 2.78. The van der Waals surface area contributed by atoms with Crippen molar-refractivity contribution in [3.63, 3.8) is 0 Å². The van der Waals surface area contributed by atoms with Crippen molar-refractivity contribution in [2.75, 3.05) is 47.9 Å². The molecule has 0 heterocycles. The number of phenols is 1. The molecule has 0 radical (unpaired) electrons. The minimum atomic E-state index is -0.694. The first kappa shape index (κ1) is 28.9. The molecule has 1 aromatic rings. The number of nitrogens with one attached hydrogen (secondary N) is 3. The number of hydrogen-bond acceptors (Lipinski definition) is 6. The SMILES string of the molecule is CNC(=O)CNC(=O)C(CCCC[N+](C)(C)C)NC(=O)CCCCOc1ccc(C=O)c(O)c1. The van der Waals surface area contributed by atoms with E-state index < -0.39 is 6.04 Å². The highest BCUT2D eigenvalue weighted by Gasteiger charge is 2.21. The van der Waals surface area contributed by atoms with Gasteiger partial charge in [-0.2, -0.15) is 0 Å². The van der Waals surface area contributed by atoms with Gasteiger partial charge in [0, 0.05) is 19.5 Å². The van der Waals surface area contributed by atoms with Crippen LogP contribution < -0.4 is 20.7 Å². The molecule has 0 aliphatic rings. The Morgan fingerprint density at radius 1 is 1.09 bits per heavy atom. The summed E-state index contributed by atoms with van der Waals surface area (Å²) in [6.45, 7) is 1.16. The fraction of sp³-hybridized carbons (Fsp3) is 0.583. The zero-order valence-electron chi connectivity index (χ0n) is 20.7. The van der Waals surface area contributed by atoms with Crippen LogP contribution in [0.1, 0.15) is 48.9 Å². The lowest BCUT2D eigenvalue weighted by molar-refractivity contribution is -0.870. The van der Waals surface area contributed by atoms with Gasteiger partial charge in [-0.25, -0.2) is 0 Å². The van der Waals surface area contributed by atoms with Crippen LogP contribution in [0, 0.1) is 0 Å². The minimum absolute atomic E-state index is 0.138. The van der Waals surface area contributed by atoms with Gasteiger partial charge in [0.25, 0.3) is 0 Å². The van der Waals surface area contributed by atoms with E-state index in [1.165, 1.54) is 19.2 Å². The van der Waals surface area contributed by atoms with Gasteiger partial charge in [0.05, 0.1) is 46.4 Å². The van der Waals surface area contributed by atoms with Crippen LogP contribution in [0.3, 0.4) is 0 Å². The predicted octanol–water partition coefficient (Wildman–Crippen LogP) is 0.977. The summed E-state index contributed by atoms with van der Waals surface area (Å²) in [7, 11) is 7.79. The molecule has 0 aromatic heterocycles. The zero-order chi connectivity index (χ0) is 25.6. The van der Waals surface area contributed by atoms with Crippen LogP contribution in [-0.2, 0) is 14.4 Å². The molecule has 0 fully saturated rings. The Hall–Kier alpha value is -3.14. The molecule has 3 amide bonds. The highest BCUT2D eigenvalue weighted by molar-refractivity contribution is 5.90. The molecule has 0 spiro atoms. The highest BCUT2D eigenvalue weighted by atomic mass is 16.5. The number of ether oxygens (including phenoxy) is 1. The molecule has 34 heavy (non-hydrogen) atoms. The number of nitrogens with zero attached hydrogens (tertiary/aromatic N) is 1. The van der Waals surface area contributed by atoms with Crippen LogP contribution in [0.15, 0.2) is 18.2 Å². The smallest absolute Gasteiger partial charge is 0.243 e. The van der Waals surface area contributed by atoms with Crippen molar-refractivity contribution >= 4 is 24.0 Å². The van der Waals surface area contributed by atoms with E-state index in [-0.39, 0.29) is 42.0 Å². The Labute approximate surface area is 201 Å². The molecule has 0 aliphatic carbocycles. The molecule has 0 bridgehead atoms. The van der Waals surface area contributed by atoms with Crippen LogP contribution >= 0.6 is 0 Å². The van der Waals surface area contributed by atoms with E-state index in [1.54, 1.807) is 6.07 Å². The van der Waals surface area contributed by atoms with Crippen LogP contribution in [0.2, 0.25) is 0 Å². The maximum Gasteiger partial charge on any atom is 0.243 e. The van der Waals surface area contributed by atoms with Gasteiger partial charge in [-0.1, -0.05) is 0 Å². The number of aromatic hydroxyl groups is 1. The summed E-state index contributed by atoms with van der Waals surface area (Å²) in [5.74, 6) is -0.621. The van der Waals surface area contributed by atoms with E-state index in [1.807, 2.05) is 0 Å². The second-order valence-corrected chi connectivity index (χ2v) is 9.16. The van der Waals surface area contributed by atoms with Crippen molar-refractivity contribution in [1.29, 1.82) is 0 Å². The van der Waals surface area contributed by atoms with Crippen LogP contribution in [-0.4, -0.2) is 87.5 Å². The van der Waals surface area contributed by atoms with Gasteiger partial charge in [0.2, 0.25) is 17.7 Å². The Bertz CT molecular complexity index is 822. The van der Waals surface area contributed by atoms with Crippen molar-refractivity contribution in [2.45, 2.75) is 44.6 Å². The number of phenolic OH excluding ortho intramolecular Hbond substituents is 1. The zero-order valence-corrected chi connectivity index (χ0v) is 20.7. The van der Waals surface area contributed by atoms with Gasteiger partial charge in [0.15, 0.2) is 6.29 Å². The summed E-state index contributed by atoms with van der Waals surface area (Å²) in [4.78, 5) is 47.1. The van der Waals surface area contributed by atoms with E-state index in [2.05, 4.69) is 37.1 Å². The Balaban J connectivity index is 2.45. The van der Waals surface area contributed by atoms with Gasteiger partial charge in [-0.15, -0.1) is 0 Å². The fourth-order valence-electron chi connectivity index (χ4n) is 3.14. The molecule has 10 heteroatoms. The summed E-state index contributed by atoms with van der Waals surface area (Å²) in [6.07, 6.45) is 4.13. The molecule has 1 atom stereocenters. The Morgan fingerprint density at radius 2 is 1.82 bits per heavy atom. The van der Waals surface area contributed by atoms with Gasteiger partial charge < -0.3 is 30.3 Å². The third-order valence-electron chi connectivity index (χ3n) is 5.12. The summed E-state index contributed by atoms with van der Waals surface area (Å²) in [6, 6.07) is 3.74. The summed E-state index contributed by atoms with van der Waals surface area (Å²) in [5.41, 5.74) is 0.190. The molecular weight excluding hydrogens is 440 g/mol. The first-order valence-corrected chi connectivity index (χ1v) is 11.5. The van der Waals surface area contributed by atoms with E-state index >= 15 is 0 Å². The van der Waals surface area contributed by atoms with Crippen LogP contribution in [0.4, 0.5) is 0 Å². The maximum atomic E-state index is 12.5. The van der Waals surface area contributed by atoms with Crippen LogP contribution in [0.5, 0.6) is 11.5 Å². The van der Waals surface area contributed by atoms with Crippen molar-refractivity contribution in [3.05, 3.63) is 23.8 Å². The average molecular weight is 480 g/mol. The number of rotatable bonds is 16. The number of benzene rings is 1. The van der Waals surface area contributed by atoms with Gasteiger partial charge in [-0.05, 0) is 44.2 Å². The lowest BCUT2D eigenvalue weighted by atomic mass is 10.1. The van der Waals surface area contributed by atoms with E-state index in [0.717, 1.165) is 23.9 Å². The quantitative estimate of drug-likeness (QED) is 0.159. The van der Waals surface area contributed by atoms with Gasteiger partial charge in [-0.3, -0.25) is 19.2 Å².